The molecular weight excluding hydrogens is 330 g/mol. The van der Waals surface area contributed by atoms with Gasteiger partial charge in [-0.3, -0.25) is 4.79 Å². The van der Waals surface area contributed by atoms with Crippen LogP contribution in [0.2, 0.25) is 0 Å². The average molecular weight is 349 g/mol. The number of rotatable bonds is 4. The van der Waals surface area contributed by atoms with E-state index in [4.69, 9.17) is 0 Å². The van der Waals surface area contributed by atoms with E-state index in [1.807, 2.05) is 44.3 Å². The molecule has 4 aromatic rings. The maximum absolute atomic E-state index is 12.7. The number of para-hydroxylation sites is 2. The van der Waals surface area contributed by atoms with Crippen LogP contribution in [0.1, 0.15) is 10.7 Å². The molecule has 0 fully saturated rings. The van der Waals surface area contributed by atoms with Gasteiger partial charge in [-0.25, -0.2) is 4.98 Å². The van der Waals surface area contributed by atoms with Crippen molar-refractivity contribution in [3.05, 3.63) is 65.3 Å². The minimum absolute atomic E-state index is 0.0868. The van der Waals surface area contributed by atoms with Crippen LogP contribution in [0.15, 0.2) is 54.6 Å². The average Bonchev–Trinajstić information content (AvgIpc) is 3.15. The Bertz CT molecular complexity index is 1030. The lowest BCUT2D eigenvalue weighted by molar-refractivity contribution is -0.131. The van der Waals surface area contributed by atoms with Crippen LogP contribution < -0.4 is 0 Å². The first-order valence-corrected chi connectivity index (χ1v) is 9.07. The van der Waals surface area contributed by atoms with Crippen molar-refractivity contribution in [1.82, 2.24) is 14.5 Å². The van der Waals surface area contributed by atoms with E-state index in [2.05, 4.69) is 33.8 Å². The second kappa shape index (κ2) is 6.33. The molecule has 0 aliphatic rings. The van der Waals surface area contributed by atoms with Gasteiger partial charge in [0, 0.05) is 18.3 Å². The Morgan fingerprint density at radius 3 is 2.76 bits per heavy atom. The summed E-state index contributed by atoms with van der Waals surface area (Å²) >= 11 is 1.64. The van der Waals surface area contributed by atoms with Crippen molar-refractivity contribution >= 4 is 38.4 Å². The van der Waals surface area contributed by atoms with Gasteiger partial charge in [-0.1, -0.05) is 30.3 Å². The number of aromatic nitrogens is 2. The molecule has 0 saturated heterocycles. The molecule has 0 aliphatic heterocycles. The molecule has 25 heavy (non-hydrogen) atoms. The lowest BCUT2D eigenvalue weighted by Crippen LogP contribution is -2.30. The number of fused-ring (bicyclic) bond motifs is 2. The van der Waals surface area contributed by atoms with Crippen molar-refractivity contribution in [1.29, 1.82) is 0 Å². The first-order valence-electron chi connectivity index (χ1n) is 8.25. The van der Waals surface area contributed by atoms with Gasteiger partial charge in [-0.15, -0.1) is 11.3 Å². The van der Waals surface area contributed by atoms with Crippen molar-refractivity contribution in [3.63, 3.8) is 0 Å². The Hall–Kier alpha value is -2.66. The number of carbonyl (C=O) groups is 1. The Morgan fingerprint density at radius 2 is 1.92 bits per heavy atom. The standard InChI is InChI=1S/C20H19N3OS/c1-14-11-15-7-3-5-9-17(15)23(14)13-20(24)22(2)12-19-21-16-8-4-6-10-18(16)25-19/h3-11H,12-13H2,1-2H3. The van der Waals surface area contributed by atoms with E-state index in [0.29, 0.717) is 13.1 Å². The van der Waals surface area contributed by atoms with Crippen molar-refractivity contribution in [3.8, 4) is 0 Å². The smallest absolute Gasteiger partial charge is 0.242 e. The molecule has 2 aromatic heterocycles. The summed E-state index contributed by atoms with van der Waals surface area (Å²) in [5.41, 5.74) is 3.19. The molecule has 4 nitrogen and oxygen atoms in total. The number of aryl methyl sites for hydroxylation is 1. The molecule has 0 bridgehead atoms. The minimum atomic E-state index is 0.0868. The van der Waals surface area contributed by atoms with Crippen LogP contribution in [0.4, 0.5) is 0 Å². The third kappa shape index (κ3) is 3.03. The molecule has 0 aliphatic carbocycles. The Morgan fingerprint density at radius 1 is 1.16 bits per heavy atom. The molecule has 0 saturated carbocycles. The van der Waals surface area contributed by atoms with Gasteiger partial charge in [0.25, 0.3) is 0 Å². The zero-order valence-electron chi connectivity index (χ0n) is 14.3. The summed E-state index contributed by atoms with van der Waals surface area (Å²) in [4.78, 5) is 19.1. The number of thiazole rings is 1. The number of amides is 1. The summed E-state index contributed by atoms with van der Waals surface area (Å²) in [6.45, 7) is 2.93. The van der Waals surface area contributed by atoms with Gasteiger partial charge < -0.3 is 9.47 Å². The molecule has 0 spiro atoms. The van der Waals surface area contributed by atoms with Crippen LogP contribution in [-0.2, 0) is 17.9 Å². The van der Waals surface area contributed by atoms with Crippen molar-refractivity contribution in [2.75, 3.05) is 7.05 Å². The van der Waals surface area contributed by atoms with E-state index < -0.39 is 0 Å². The second-order valence-corrected chi connectivity index (χ2v) is 7.37. The first-order chi connectivity index (χ1) is 12.1. The molecule has 1 amide bonds. The summed E-state index contributed by atoms with van der Waals surface area (Å²) in [6, 6.07) is 18.4. The fraction of sp³-hybridized carbons (Fsp3) is 0.200. The van der Waals surface area contributed by atoms with Crippen molar-refractivity contribution in [2.24, 2.45) is 0 Å². The minimum Gasteiger partial charge on any atom is -0.337 e. The zero-order valence-corrected chi connectivity index (χ0v) is 15.1. The maximum Gasteiger partial charge on any atom is 0.242 e. The van der Waals surface area contributed by atoms with Crippen LogP contribution in [0.5, 0.6) is 0 Å². The quantitative estimate of drug-likeness (QED) is 0.553. The van der Waals surface area contributed by atoms with Gasteiger partial charge in [0.1, 0.15) is 11.6 Å². The van der Waals surface area contributed by atoms with Gasteiger partial charge >= 0.3 is 0 Å². The molecule has 0 N–H and O–H groups in total. The number of benzene rings is 2. The highest BCUT2D eigenvalue weighted by atomic mass is 32.1. The Kier molecular flexibility index (Phi) is 4.01. The molecule has 2 heterocycles. The molecule has 0 unspecified atom stereocenters. The Labute approximate surface area is 150 Å². The zero-order chi connectivity index (χ0) is 17.4. The highest BCUT2D eigenvalue weighted by Gasteiger charge is 2.15. The number of carbonyl (C=O) groups excluding carboxylic acids is 1. The topological polar surface area (TPSA) is 38.1 Å². The summed E-state index contributed by atoms with van der Waals surface area (Å²) in [5, 5.41) is 2.13. The maximum atomic E-state index is 12.7. The number of hydrogen-bond acceptors (Lipinski definition) is 3. The van der Waals surface area contributed by atoms with Gasteiger partial charge in [0.15, 0.2) is 0 Å². The number of hydrogen-bond donors (Lipinski definition) is 0. The lowest BCUT2D eigenvalue weighted by atomic mass is 10.2. The van der Waals surface area contributed by atoms with Gasteiger partial charge in [-0.05, 0) is 36.6 Å². The number of nitrogens with zero attached hydrogens (tertiary/aromatic N) is 3. The third-order valence-electron chi connectivity index (χ3n) is 4.45. The highest BCUT2D eigenvalue weighted by Crippen LogP contribution is 2.23. The van der Waals surface area contributed by atoms with Gasteiger partial charge in [-0.2, -0.15) is 0 Å². The normalized spacial score (nSPS) is 11.3. The Balaban J connectivity index is 1.52. The van der Waals surface area contributed by atoms with Crippen LogP contribution in [0, 0.1) is 6.92 Å². The largest absolute Gasteiger partial charge is 0.337 e. The molecular formula is C20H19N3OS. The molecule has 2 aromatic carbocycles. The molecule has 4 rings (SSSR count). The highest BCUT2D eigenvalue weighted by molar-refractivity contribution is 7.18. The van der Waals surface area contributed by atoms with E-state index in [1.165, 1.54) is 5.39 Å². The fourth-order valence-electron chi connectivity index (χ4n) is 3.09. The molecule has 0 radical (unpaired) electrons. The molecule has 126 valence electrons. The van der Waals surface area contributed by atoms with E-state index in [-0.39, 0.29) is 5.91 Å². The monoisotopic (exact) mass is 349 g/mol. The third-order valence-corrected chi connectivity index (χ3v) is 5.47. The lowest BCUT2D eigenvalue weighted by Gasteiger charge is -2.17. The van der Waals surface area contributed by atoms with Crippen LogP contribution in [0.3, 0.4) is 0 Å². The van der Waals surface area contributed by atoms with E-state index in [9.17, 15) is 4.79 Å². The van der Waals surface area contributed by atoms with Crippen LogP contribution in [0.25, 0.3) is 21.1 Å². The number of likely N-dealkylation sites (N-methyl/N-ethyl adjacent to an activating group) is 1. The molecule has 5 heteroatoms. The van der Waals surface area contributed by atoms with Gasteiger partial charge in [0.2, 0.25) is 5.91 Å². The van der Waals surface area contributed by atoms with E-state index in [1.54, 1.807) is 16.2 Å². The van der Waals surface area contributed by atoms with Crippen molar-refractivity contribution in [2.45, 2.75) is 20.0 Å². The fourth-order valence-corrected chi connectivity index (χ4v) is 4.11. The van der Waals surface area contributed by atoms with Crippen molar-refractivity contribution < 1.29 is 4.79 Å². The summed E-state index contributed by atoms with van der Waals surface area (Å²) in [6.07, 6.45) is 0. The summed E-state index contributed by atoms with van der Waals surface area (Å²) in [7, 11) is 1.84. The second-order valence-electron chi connectivity index (χ2n) is 6.26. The van der Waals surface area contributed by atoms with E-state index in [0.717, 1.165) is 26.4 Å². The SMILES string of the molecule is Cc1cc2ccccc2n1CC(=O)N(C)Cc1nc2ccccc2s1. The molecule has 0 atom stereocenters. The van der Waals surface area contributed by atoms with E-state index >= 15 is 0 Å². The van der Waals surface area contributed by atoms with Gasteiger partial charge in [0.05, 0.1) is 16.8 Å². The van der Waals surface area contributed by atoms with Crippen LogP contribution >= 0.6 is 11.3 Å². The van der Waals surface area contributed by atoms with Crippen LogP contribution in [-0.4, -0.2) is 27.4 Å². The predicted octanol–water partition coefficient (Wildman–Crippen LogP) is 4.22. The summed E-state index contributed by atoms with van der Waals surface area (Å²) < 4.78 is 3.23. The first kappa shape index (κ1) is 15.8. The predicted molar refractivity (Wildman–Crippen MR) is 103 cm³/mol. The summed E-state index contributed by atoms with van der Waals surface area (Å²) in [5.74, 6) is 0.0868.